The molecule has 1 aliphatic rings. The number of aromatic nitrogens is 1. The van der Waals surface area contributed by atoms with Gasteiger partial charge >= 0.3 is 0 Å². The Bertz CT molecular complexity index is 642. The summed E-state index contributed by atoms with van der Waals surface area (Å²) in [6, 6.07) is 9.81. The molecular weight excluding hydrogens is 298 g/mol. The molecule has 1 aromatic carbocycles. The Kier molecular flexibility index (Phi) is 4.65. The highest BCUT2D eigenvalue weighted by molar-refractivity contribution is 6.31. The maximum absolute atomic E-state index is 6.31. The van der Waals surface area contributed by atoms with Crippen LogP contribution in [0, 0.1) is 5.92 Å². The van der Waals surface area contributed by atoms with Crippen LogP contribution in [-0.2, 0) is 17.8 Å². The molecule has 0 saturated heterocycles. The average Bonchev–Trinajstić information content (AvgIpc) is 2.54. The summed E-state index contributed by atoms with van der Waals surface area (Å²) in [5, 5.41) is 0.801. The topological polar surface area (TPSA) is 31.4 Å². The molecule has 1 aromatic heterocycles. The normalized spacial score (nSPS) is 20.5. The fourth-order valence-electron chi connectivity index (χ4n) is 2.94. The highest BCUT2D eigenvalue weighted by atomic mass is 35.5. The molecule has 3 nitrogen and oxygen atoms in total. The first-order valence-corrected chi connectivity index (χ1v) is 7.93. The first kappa shape index (κ1) is 15.3. The number of nitrogens with zero attached hydrogens (tertiary/aromatic N) is 1. The zero-order chi connectivity index (χ0) is 15.5. The van der Waals surface area contributed by atoms with E-state index < -0.39 is 0 Å². The van der Waals surface area contributed by atoms with Gasteiger partial charge in [0.25, 0.3) is 0 Å². The summed E-state index contributed by atoms with van der Waals surface area (Å²) in [4.78, 5) is 4.51. The van der Waals surface area contributed by atoms with Crippen LogP contribution in [0.3, 0.4) is 0 Å². The number of benzene rings is 1. The highest BCUT2D eigenvalue weighted by Crippen LogP contribution is 2.37. The number of methoxy groups -OCH3 is 1. The van der Waals surface area contributed by atoms with E-state index in [-0.39, 0.29) is 6.10 Å². The van der Waals surface area contributed by atoms with Gasteiger partial charge in [0.1, 0.15) is 11.9 Å². The number of halogens is 1. The molecule has 22 heavy (non-hydrogen) atoms. The average molecular weight is 318 g/mol. The number of hydrogen-bond acceptors (Lipinski definition) is 3. The Morgan fingerprint density at radius 1 is 1.23 bits per heavy atom. The van der Waals surface area contributed by atoms with Crippen LogP contribution in [-0.4, -0.2) is 12.1 Å². The van der Waals surface area contributed by atoms with Crippen LogP contribution in [0.1, 0.15) is 36.3 Å². The number of ether oxygens (including phenoxy) is 2. The number of fused-ring (bicyclic) bond motifs is 1. The maximum atomic E-state index is 6.31. The minimum Gasteiger partial charge on any atom is -0.497 e. The van der Waals surface area contributed by atoms with E-state index in [1.165, 1.54) is 0 Å². The number of rotatable bonds is 4. The van der Waals surface area contributed by atoms with Gasteiger partial charge in [0, 0.05) is 11.2 Å². The lowest BCUT2D eigenvalue weighted by molar-refractivity contribution is 0.0155. The van der Waals surface area contributed by atoms with E-state index in [0.717, 1.165) is 40.4 Å². The Hall–Kier alpha value is -1.58. The second-order valence-corrected chi connectivity index (χ2v) is 6.26. The lowest BCUT2D eigenvalue weighted by atomic mass is 9.86. The van der Waals surface area contributed by atoms with Gasteiger partial charge in [-0.3, -0.25) is 4.98 Å². The van der Waals surface area contributed by atoms with Crippen LogP contribution in [0.5, 0.6) is 5.75 Å². The van der Waals surface area contributed by atoms with Crippen LogP contribution in [0.25, 0.3) is 0 Å². The lowest BCUT2D eigenvalue weighted by Crippen LogP contribution is -2.20. The van der Waals surface area contributed by atoms with Gasteiger partial charge in [0.2, 0.25) is 0 Å². The molecule has 0 N–H and O–H groups in total. The molecule has 1 aliphatic carbocycles. The Labute approximate surface area is 136 Å². The van der Waals surface area contributed by atoms with Crippen molar-refractivity contribution in [2.24, 2.45) is 5.92 Å². The molecule has 2 aromatic rings. The van der Waals surface area contributed by atoms with Crippen molar-refractivity contribution < 1.29 is 9.47 Å². The van der Waals surface area contributed by atoms with Crippen molar-refractivity contribution in [2.75, 3.05) is 7.11 Å². The van der Waals surface area contributed by atoms with E-state index in [9.17, 15) is 0 Å². The zero-order valence-corrected chi connectivity index (χ0v) is 13.6. The second kappa shape index (κ2) is 6.67. The van der Waals surface area contributed by atoms with Crippen LogP contribution in [0.2, 0.25) is 5.02 Å². The fraction of sp³-hybridized carbons (Fsp3) is 0.389. The molecule has 0 spiro atoms. The van der Waals surface area contributed by atoms with E-state index in [0.29, 0.717) is 12.5 Å². The first-order valence-electron chi connectivity index (χ1n) is 7.55. The quantitative estimate of drug-likeness (QED) is 0.827. The van der Waals surface area contributed by atoms with Gasteiger partial charge < -0.3 is 9.47 Å². The molecule has 0 amide bonds. The molecule has 4 heteroatoms. The predicted molar refractivity (Wildman–Crippen MR) is 87.3 cm³/mol. The second-order valence-electron chi connectivity index (χ2n) is 5.85. The summed E-state index contributed by atoms with van der Waals surface area (Å²) < 4.78 is 11.3. The molecule has 2 unspecified atom stereocenters. The summed E-state index contributed by atoms with van der Waals surface area (Å²) >= 11 is 6.31. The summed E-state index contributed by atoms with van der Waals surface area (Å²) in [5.74, 6) is 1.41. The maximum Gasteiger partial charge on any atom is 0.118 e. The molecule has 3 rings (SSSR count). The predicted octanol–water partition coefficient (Wildman–Crippen LogP) is 4.58. The van der Waals surface area contributed by atoms with Gasteiger partial charge in [-0.25, -0.2) is 0 Å². The third kappa shape index (κ3) is 3.26. The van der Waals surface area contributed by atoms with Crippen LogP contribution in [0.4, 0.5) is 0 Å². The van der Waals surface area contributed by atoms with E-state index in [2.05, 4.69) is 11.9 Å². The van der Waals surface area contributed by atoms with Gasteiger partial charge in [-0.15, -0.1) is 0 Å². The van der Waals surface area contributed by atoms with E-state index in [4.69, 9.17) is 21.1 Å². The Morgan fingerprint density at radius 3 is 2.73 bits per heavy atom. The van der Waals surface area contributed by atoms with Gasteiger partial charge in [-0.1, -0.05) is 30.7 Å². The van der Waals surface area contributed by atoms with Crippen molar-refractivity contribution in [2.45, 2.75) is 32.5 Å². The molecule has 0 saturated carbocycles. The van der Waals surface area contributed by atoms with Crippen molar-refractivity contribution >= 4 is 11.6 Å². The summed E-state index contributed by atoms with van der Waals surface area (Å²) in [5.41, 5.74) is 3.27. The molecule has 116 valence electrons. The molecule has 2 atom stereocenters. The van der Waals surface area contributed by atoms with Crippen LogP contribution >= 0.6 is 11.6 Å². The fourth-order valence-corrected chi connectivity index (χ4v) is 3.17. The molecule has 0 bridgehead atoms. The van der Waals surface area contributed by atoms with Crippen molar-refractivity contribution in [3.05, 3.63) is 58.4 Å². The lowest BCUT2D eigenvalue weighted by Gasteiger charge is -2.29. The van der Waals surface area contributed by atoms with E-state index in [1.807, 2.05) is 30.3 Å². The molecular formula is C18H20ClNO2. The SMILES string of the molecule is COc1ccc(COC2CC(C)Cc3c(Cl)ccnc32)cc1. The van der Waals surface area contributed by atoms with E-state index in [1.54, 1.807) is 13.3 Å². The van der Waals surface area contributed by atoms with Crippen LogP contribution in [0.15, 0.2) is 36.5 Å². The smallest absolute Gasteiger partial charge is 0.118 e. The Balaban J connectivity index is 1.74. The summed E-state index contributed by atoms with van der Waals surface area (Å²) in [6.45, 7) is 2.80. The van der Waals surface area contributed by atoms with Gasteiger partial charge in [0.15, 0.2) is 0 Å². The van der Waals surface area contributed by atoms with E-state index >= 15 is 0 Å². The number of pyridine rings is 1. The first-order chi connectivity index (χ1) is 10.7. The van der Waals surface area contributed by atoms with Gasteiger partial charge in [0.05, 0.1) is 19.4 Å². The summed E-state index contributed by atoms with van der Waals surface area (Å²) in [6.07, 6.45) is 3.74. The zero-order valence-electron chi connectivity index (χ0n) is 12.9. The van der Waals surface area contributed by atoms with Crippen molar-refractivity contribution in [3.63, 3.8) is 0 Å². The minimum absolute atomic E-state index is 0.0135. The van der Waals surface area contributed by atoms with Gasteiger partial charge in [-0.05, 0) is 48.1 Å². The molecule has 1 heterocycles. The summed E-state index contributed by atoms with van der Waals surface area (Å²) in [7, 11) is 1.67. The van der Waals surface area contributed by atoms with Crippen molar-refractivity contribution in [1.82, 2.24) is 4.98 Å². The minimum atomic E-state index is 0.0135. The molecule has 0 aliphatic heterocycles. The van der Waals surface area contributed by atoms with Crippen molar-refractivity contribution in [3.8, 4) is 5.75 Å². The Morgan fingerprint density at radius 2 is 2.00 bits per heavy atom. The third-order valence-electron chi connectivity index (χ3n) is 4.12. The highest BCUT2D eigenvalue weighted by Gasteiger charge is 2.28. The van der Waals surface area contributed by atoms with Gasteiger partial charge in [-0.2, -0.15) is 0 Å². The molecule has 0 radical (unpaired) electrons. The number of hydrogen-bond donors (Lipinski definition) is 0. The molecule has 0 fully saturated rings. The monoisotopic (exact) mass is 317 g/mol. The van der Waals surface area contributed by atoms with Crippen molar-refractivity contribution in [1.29, 1.82) is 0 Å². The third-order valence-corrected chi connectivity index (χ3v) is 4.47. The standard InChI is InChI=1S/C18H20ClNO2/c1-12-9-15-16(19)7-8-20-18(15)17(10-12)22-11-13-3-5-14(21-2)6-4-13/h3-8,12,17H,9-11H2,1-2H3. The largest absolute Gasteiger partial charge is 0.497 e. The van der Waals surface area contributed by atoms with Crippen LogP contribution < -0.4 is 4.74 Å².